The van der Waals surface area contributed by atoms with Crippen LogP contribution in [0.1, 0.15) is 0 Å². The Morgan fingerprint density at radius 2 is 1.88 bits per heavy atom. The van der Waals surface area contributed by atoms with Crippen molar-refractivity contribution in [1.29, 1.82) is 0 Å². The monoisotopic (exact) mass is 152 g/mol. The van der Waals surface area contributed by atoms with Gasteiger partial charge in [0.15, 0.2) is 0 Å². The SMILES string of the molecule is CPN(PC)C(N)=O. The van der Waals surface area contributed by atoms with Crippen molar-refractivity contribution in [1.82, 2.24) is 4.44 Å². The van der Waals surface area contributed by atoms with Crippen molar-refractivity contribution in [2.24, 2.45) is 5.73 Å². The van der Waals surface area contributed by atoms with E-state index in [1.54, 1.807) is 4.44 Å². The molecule has 2 N–H and O–H groups in total. The molecular formula is C3H10N2OP2. The van der Waals surface area contributed by atoms with Crippen LogP contribution in [0.25, 0.3) is 0 Å². The van der Waals surface area contributed by atoms with Crippen LogP contribution >= 0.6 is 17.5 Å². The Kier molecular flexibility index (Phi) is 4.12. The molecule has 0 aromatic rings. The quantitative estimate of drug-likeness (QED) is 0.585. The summed E-state index contributed by atoms with van der Waals surface area (Å²) in [7, 11) is 1.00. The Morgan fingerprint density at radius 1 is 1.50 bits per heavy atom. The number of urea groups is 1. The van der Waals surface area contributed by atoms with Crippen molar-refractivity contribution < 1.29 is 4.79 Å². The second kappa shape index (κ2) is 4.05. The lowest BCUT2D eigenvalue weighted by Gasteiger charge is -2.13. The summed E-state index contributed by atoms with van der Waals surface area (Å²) < 4.78 is 1.61. The zero-order chi connectivity index (χ0) is 6.57. The van der Waals surface area contributed by atoms with Gasteiger partial charge < -0.3 is 5.73 Å². The molecule has 0 aliphatic heterocycles. The van der Waals surface area contributed by atoms with E-state index in [0.717, 1.165) is 0 Å². The molecule has 3 nitrogen and oxygen atoms in total. The number of hydrogen-bond donors (Lipinski definition) is 1. The Morgan fingerprint density at radius 3 is 1.88 bits per heavy atom. The fourth-order valence-corrected chi connectivity index (χ4v) is 1.67. The number of carbonyl (C=O) groups excluding carboxylic acids is 1. The molecule has 0 rings (SSSR count). The summed E-state index contributed by atoms with van der Waals surface area (Å²) in [5.41, 5.74) is 4.96. The Bertz CT molecular complexity index is 83.4. The number of rotatable bonds is 2. The Labute approximate surface area is 52.7 Å². The molecule has 2 atom stereocenters. The minimum atomic E-state index is -0.313. The molecule has 2 amide bonds. The van der Waals surface area contributed by atoms with Crippen LogP contribution in [0, 0.1) is 0 Å². The van der Waals surface area contributed by atoms with Crippen molar-refractivity contribution in [3.63, 3.8) is 0 Å². The summed E-state index contributed by atoms with van der Waals surface area (Å²) in [6.45, 7) is 3.86. The Balaban J connectivity index is 3.52. The lowest BCUT2D eigenvalue weighted by Crippen LogP contribution is -2.21. The van der Waals surface area contributed by atoms with E-state index in [-0.39, 0.29) is 6.03 Å². The van der Waals surface area contributed by atoms with Gasteiger partial charge in [-0.15, -0.1) is 0 Å². The third-order valence-electron chi connectivity index (χ3n) is 0.668. The van der Waals surface area contributed by atoms with Crippen molar-refractivity contribution in [2.45, 2.75) is 0 Å². The van der Waals surface area contributed by atoms with Gasteiger partial charge in [-0.2, -0.15) is 0 Å². The predicted molar refractivity (Wildman–Crippen MR) is 39.9 cm³/mol. The highest BCUT2D eigenvalue weighted by atomic mass is 31.1. The molecule has 2 unspecified atom stereocenters. The van der Waals surface area contributed by atoms with Gasteiger partial charge in [-0.05, 0) is 30.8 Å². The lowest BCUT2D eigenvalue weighted by molar-refractivity contribution is 0.246. The van der Waals surface area contributed by atoms with Crippen LogP contribution in [0.4, 0.5) is 4.79 Å². The van der Waals surface area contributed by atoms with Crippen LogP contribution < -0.4 is 5.73 Å². The second-order valence-electron chi connectivity index (χ2n) is 1.12. The largest absolute Gasteiger partial charge is 0.351 e. The van der Waals surface area contributed by atoms with E-state index in [4.69, 9.17) is 5.73 Å². The van der Waals surface area contributed by atoms with Crippen molar-refractivity contribution >= 4 is 23.5 Å². The first-order chi connectivity index (χ1) is 3.72. The van der Waals surface area contributed by atoms with Crippen molar-refractivity contribution in [2.75, 3.05) is 13.3 Å². The molecule has 0 heterocycles. The van der Waals surface area contributed by atoms with Crippen molar-refractivity contribution in [3.8, 4) is 0 Å². The van der Waals surface area contributed by atoms with Gasteiger partial charge in [-0.1, -0.05) is 0 Å². The van der Waals surface area contributed by atoms with E-state index in [1.165, 1.54) is 0 Å². The molecule has 0 saturated carbocycles. The smallest absolute Gasteiger partial charge is 0.320 e. The molecule has 0 aliphatic rings. The minimum absolute atomic E-state index is 0.313. The second-order valence-corrected chi connectivity index (χ2v) is 3.36. The van der Waals surface area contributed by atoms with Gasteiger partial charge in [-0.25, -0.2) is 4.79 Å². The summed E-state index contributed by atoms with van der Waals surface area (Å²) in [6, 6.07) is -0.313. The first kappa shape index (κ1) is 8.13. The Hall–Kier alpha value is 0.130. The van der Waals surface area contributed by atoms with Gasteiger partial charge in [-0.3, -0.25) is 4.44 Å². The maximum Gasteiger partial charge on any atom is 0.320 e. The molecule has 48 valence electrons. The van der Waals surface area contributed by atoms with Crippen LogP contribution in [-0.2, 0) is 0 Å². The maximum atomic E-state index is 10.3. The van der Waals surface area contributed by atoms with Crippen LogP contribution in [0.15, 0.2) is 0 Å². The molecule has 0 radical (unpaired) electrons. The standard InChI is InChI=1S/C3H10N2OP2/c1-7-5(8-2)3(4)6/h7-8H,1-2H3,(H2,4,6). The van der Waals surface area contributed by atoms with Gasteiger partial charge in [0.1, 0.15) is 0 Å². The molecule has 0 aromatic carbocycles. The zero-order valence-corrected chi connectivity index (χ0v) is 6.93. The summed E-state index contributed by atoms with van der Waals surface area (Å²) in [4.78, 5) is 10.3. The van der Waals surface area contributed by atoms with E-state index in [1.807, 2.05) is 13.3 Å². The summed E-state index contributed by atoms with van der Waals surface area (Å²) in [6.07, 6.45) is 0. The average Bonchev–Trinajstić information content (AvgIpc) is 1.69. The van der Waals surface area contributed by atoms with Crippen LogP contribution in [0.3, 0.4) is 0 Å². The molecule has 0 aromatic heterocycles. The number of hydrogen-bond acceptors (Lipinski definition) is 1. The normalized spacial score (nSPS) is 11.8. The number of primary amides is 1. The molecule has 0 aliphatic carbocycles. The van der Waals surface area contributed by atoms with Crippen LogP contribution in [0.2, 0.25) is 0 Å². The first-order valence-corrected chi connectivity index (χ1v) is 5.06. The molecule has 0 bridgehead atoms. The number of nitrogens with zero attached hydrogens (tertiary/aromatic N) is 1. The lowest BCUT2D eigenvalue weighted by atomic mass is 11.2. The van der Waals surface area contributed by atoms with Crippen molar-refractivity contribution in [3.05, 3.63) is 0 Å². The van der Waals surface area contributed by atoms with Gasteiger partial charge in [0.2, 0.25) is 0 Å². The van der Waals surface area contributed by atoms with E-state index in [2.05, 4.69) is 0 Å². The number of carbonyl (C=O) groups is 1. The fraction of sp³-hybridized carbons (Fsp3) is 0.667. The van der Waals surface area contributed by atoms with Crippen LogP contribution in [0.5, 0.6) is 0 Å². The van der Waals surface area contributed by atoms with Crippen LogP contribution in [-0.4, -0.2) is 23.8 Å². The summed E-state index contributed by atoms with van der Waals surface area (Å²) in [5, 5.41) is 0. The van der Waals surface area contributed by atoms with Gasteiger partial charge in [0.05, 0.1) is 0 Å². The highest BCUT2D eigenvalue weighted by Gasteiger charge is 2.00. The fourth-order valence-electron chi connectivity index (χ4n) is 0.332. The third-order valence-corrected chi connectivity index (χ3v) is 3.34. The van der Waals surface area contributed by atoms with E-state index >= 15 is 0 Å². The summed E-state index contributed by atoms with van der Waals surface area (Å²) in [5.74, 6) is 0. The zero-order valence-electron chi connectivity index (χ0n) is 4.93. The third kappa shape index (κ3) is 2.44. The molecule has 8 heavy (non-hydrogen) atoms. The van der Waals surface area contributed by atoms with E-state index in [9.17, 15) is 4.79 Å². The molecule has 5 heteroatoms. The molecule has 0 fully saturated rings. The van der Waals surface area contributed by atoms with Gasteiger partial charge in [0, 0.05) is 0 Å². The predicted octanol–water partition coefficient (Wildman–Crippen LogP) is 0.814. The number of amides is 2. The van der Waals surface area contributed by atoms with Gasteiger partial charge in [0.25, 0.3) is 0 Å². The average molecular weight is 152 g/mol. The maximum absolute atomic E-state index is 10.3. The molecular weight excluding hydrogens is 142 g/mol. The summed E-state index contributed by atoms with van der Waals surface area (Å²) >= 11 is 0. The topological polar surface area (TPSA) is 46.3 Å². The molecule has 0 spiro atoms. The molecule has 0 saturated heterocycles. The number of nitrogens with two attached hydrogens (primary N) is 1. The highest BCUT2D eigenvalue weighted by Crippen LogP contribution is 2.25. The first-order valence-electron chi connectivity index (χ1n) is 2.16. The minimum Gasteiger partial charge on any atom is -0.351 e. The highest BCUT2D eigenvalue weighted by molar-refractivity contribution is 7.51. The van der Waals surface area contributed by atoms with E-state index < -0.39 is 0 Å². The van der Waals surface area contributed by atoms with E-state index in [0.29, 0.717) is 17.5 Å². The van der Waals surface area contributed by atoms with Gasteiger partial charge >= 0.3 is 6.03 Å².